The molecular formula is C12H26N2. The molecule has 0 aromatic carbocycles. The zero-order valence-corrected chi connectivity index (χ0v) is 10.9. The third kappa shape index (κ3) is 5.79. The zero-order valence-electron chi connectivity index (χ0n) is 10.9. The van der Waals surface area contributed by atoms with Crippen LogP contribution in [0.4, 0.5) is 0 Å². The van der Waals surface area contributed by atoms with Gasteiger partial charge in [-0.1, -0.05) is 34.6 Å². The van der Waals surface area contributed by atoms with E-state index in [0.717, 1.165) is 18.7 Å². The molecule has 0 aliphatic heterocycles. The normalized spacial score (nSPS) is 8.21. The molecule has 2 heteroatoms. The average Bonchev–Trinajstić information content (AvgIpc) is 2.53. The molecule has 0 fully saturated rings. The van der Waals surface area contributed by atoms with Crippen molar-refractivity contribution in [3.8, 4) is 0 Å². The van der Waals surface area contributed by atoms with Crippen molar-refractivity contribution in [3.05, 3.63) is 17.5 Å². The van der Waals surface area contributed by atoms with Gasteiger partial charge in [0.2, 0.25) is 0 Å². The van der Waals surface area contributed by atoms with E-state index >= 15 is 0 Å². The minimum absolute atomic E-state index is 1.04. The van der Waals surface area contributed by atoms with E-state index in [0.29, 0.717) is 0 Å². The van der Waals surface area contributed by atoms with Crippen LogP contribution >= 0.6 is 0 Å². The van der Waals surface area contributed by atoms with Gasteiger partial charge in [0.1, 0.15) is 0 Å². The Morgan fingerprint density at radius 1 is 1.14 bits per heavy atom. The average molecular weight is 198 g/mol. The van der Waals surface area contributed by atoms with Gasteiger partial charge < -0.3 is 0 Å². The van der Waals surface area contributed by atoms with E-state index in [-0.39, 0.29) is 0 Å². The Morgan fingerprint density at radius 2 is 1.64 bits per heavy atom. The molecule has 0 aliphatic rings. The summed E-state index contributed by atoms with van der Waals surface area (Å²) in [4.78, 5) is 0. The Kier molecular flexibility index (Phi) is 11.5. The molecule has 1 aromatic heterocycles. The lowest BCUT2D eigenvalue weighted by atomic mass is 10.3. The molecule has 1 heterocycles. The fourth-order valence-corrected chi connectivity index (χ4v) is 0.961. The standard InChI is InChI=1S/C8H14N2.2C2H6/c1-4-5-10-6-7(2)8(3)9-10;2*1-2/h6H,4-5H2,1-3H3;2*1-2H3. The van der Waals surface area contributed by atoms with Gasteiger partial charge in [0.05, 0.1) is 5.69 Å². The molecule has 0 aliphatic carbocycles. The van der Waals surface area contributed by atoms with Gasteiger partial charge in [0, 0.05) is 12.7 Å². The number of aryl methyl sites for hydroxylation is 3. The van der Waals surface area contributed by atoms with E-state index in [1.54, 1.807) is 0 Å². The van der Waals surface area contributed by atoms with Crippen LogP contribution in [0, 0.1) is 13.8 Å². The predicted octanol–water partition coefficient (Wildman–Crippen LogP) is 3.96. The monoisotopic (exact) mass is 198 g/mol. The van der Waals surface area contributed by atoms with Crippen molar-refractivity contribution in [2.24, 2.45) is 0 Å². The zero-order chi connectivity index (χ0) is 11.6. The molecule has 0 amide bonds. The lowest BCUT2D eigenvalue weighted by molar-refractivity contribution is 0.598. The summed E-state index contributed by atoms with van der Waals surface area (Å²) in [6, 6.07) is 0. The maximum Gasteiger partial charge on any atom is 0.0622 e. The van der Waals surface area contributed by atoms with E-state index in [1.165, 1.54) is 5.56 Å². The fraction of sp³-hybridized carbons (Fsp3) is 0.750. The summed E-state index contributed by atoms with van der Waals surface area (Å²) in [5.74, 6) is 0. The summed E-state index contributed by atoms with van der Waals surface area (Å²) in [5, 5.41) is 4.32. The quantitative estimate of drug-likeness (QED) is 0.703. The van der Waals surface area contributed by atoms with E-state index in [9.17, 15) is 0 Å². The first kappa shape index (κ1) is 15.7. The van der Waals surface area contributed by atoms with Gasteiger partial charge in [-0.05, 0) is 25.8 Å². The highest BCUT2D eigenvalue weighted by Gasteiger charge is 1.96. The third-order valence-electron chi connectivity index (χ3n) is 1.64. The van der Waals surface area contributed by atoms with Gasteiger partial charge in [0.25, 0.3) is 0 Å². The van der Waals surface area contributed by atoms with Gasteiger partial charge in [-0.25, -0.2) is 0 Å². The topological polar surface area (TPSA) is 17.8 Å². The second-order valence-electron chi connectivity index (χ2n) is 2.66. The molecule has 1 aromatic rings. The van der Waals surface area contributed by atoms with Crippen LogP contribution in [-0.2, 0) is 6.54 Å². The summed E-state index contributed by atoms with van der Waals surface area (Å²) >= 11 is 0. The van der Waals surface area contributed by atoms with Crippen LogP contribution in [0.5, 0.6) is 0 Å². The Bertz CT molecular complexity index is 195. The smallest absolute Gasteiger partial charge is 0.0622 e. The highest BCUT2D eigenvalue weighted by molar-refractivity contribution is 5.12. The molecule has 0 spiro atoms. The van der Waals surface area contributed by atoms with Crippen LogP contribution in [0.3, 0.4) is 0 Å². The summed E-state index contributed by atoms with van der Waals surface area (Å²) in [6.07, 6.45) is 3.25. The molecule has 0 radical (unpaired) electrons. The maximum absolute atomic E-state index is 4.32. The lowest BCUT2D eigenvalue weighted by Crippen LogP contribution is -1.96. The molecule has 84 valence electrons. The number of nitrogens with zero attached hydrogens (tertiary/aromatic N) is 2. The van der Waals surface area contributed by atoms with Crippen molar-refractivity contribution in [1.29, 1.82) is 0 Å². The molecular weight excluding hydrogens is 172 g/mol. The van der Waals surface area contributed by atoms with E-state index in [1.807, 2.05) is 39.3 Å². The van der Waals surface area contributed by atoms with E-state index in [4.69, 9.17) is 0 Å². The first-order valence-electron chi connectivity index (χ1n) is 5.74. The molecule has 0 saturated carbocycles. The highest BCUT2D eigenvalue weighted by atomic mass is 15.3. The van der Waals surface area contributed by atoms with Crippen molar-refractivity contribution in [1.82, 2.24) is 9.78 Å². The van der Waals surface area contributed by atoms with Crippen molar-refractivity contribution in [2.75, 3.05) is 0 Å². The van der Waals surface area contributed by atoms with Crippen LogP contribution in [0.15, 0.2) is 6.20 Å². The van der Waals surface area contributed by atoms with Crippen LogP contribution in [0.25, 0.3) is 0 Å². The second-order valence-corrected chi connectivity index (χ2v) is 2.66. The van der Waals surface area contributed by atoms with Crippen molar-refractivity contribution >= 4 is 0 Å². The van der Waals surface area contributed by atoms with Gasteiger partial charge in [-0.2, -0.15) is 5.10 Å². The predicted molar refractivity (Wildman–Crippen MR) is 64.7 cm³/mol. The summed E-state index contributed by atoms with van der Waals surface area (Å²) in [7, 11) is 0. The Balaban J connectivity index is 0. The van der Waals surface area contributed by atoms with Crippen LogP contribution in [-0.4, -0.2) is 9.78 Å². The molecule has 0 unspecified atom stereocenters. The second kappa shape index (κ2) is 10.3. The van der Waals surface area contributed by atoms with Crippen LogP contribution in [0.1, 0.15) is 52.3 Å². The van der Waals surface area contributed by atoms with Gasteiger partial charge in [0.15, 0.2) is 0 Å². The van der Waals surface area contributed by atoms with Gasteiger partial charge in [-0.3, -0.25) is 4.68 Å². The minimum atomic E-state index is 1.04. The minimum Gasteiger partial charge on any atom is -0.272 e. The van der Waals surface area contributed by atoms with Crippen LogP contribution < -0.4 is 0 Å². The first-order valence-corrected chi connectivity index (χ1v) is 5.74. The van der Waals surface area contributed by atoms with Gasteiger partial charge in [-0.15, -0.1) is 0 Å². The largest absolute Gasteiger partial charge is 0.272 e. The number of hydrogen-bond donors (Lipinski definition) is 0. The lowest BCUT2D eigenvalue weighted by Gasteiger charge is -1.93. The molecule has 14 heavy (non-hydrogen) atoms. The van der Waals surface area contributed by atoms with Crippen molar-refractivity contribution in [2.45, 2.75) is 61.4 Å². The highest BCUT2D eigenvalue weighted by Crippen LogP contribution is 2.02. The van der Waals surface area contributed by atoms with E-state index in [2.05, 4.69) is 25.1 Å². The number of rotatable bonds is 2. The van der Waals surface area contributed by atoms with Gasteiger partial charge >= 0.3 is 0 Å². The molecule has 1 rings (SSSR count). The molecule has 2 nitrogen and oxygen atoms in total. The first-order chi connectivity index (χ1) is 6.74. The Hall–Kier alpha value is -0.790. The molecule has 0 atom stereocenters. The van der Waals surface area contributed by atoms with Crippen molar-refractivity contribution in [3.63, 3.8) is 0 Å². The van der Waals surface area contributed by atoms with Crippen LogP contribution in [0.2, 0.25) is 0 Å². The summed E-state index contributed by atoms with van der Waals surface area (Å²) in [5.41, 5.74) is 2.43. The number of hydrogen-bond acceptors (Lipinski definition) is 1. The summed E-state index contributed by atoms with van der Waals surface area (Å²) < 4.78 is 2.00. The fourth-order valence-electron chi connectivity index (χ4n) is 0.961. The van der Waals surface area contributed by atoms with Crippen molar-refractivity contribution < 1.29 is 0 Å². The molecule has 0 saturated heterocycles. The SMILES string of the molecule is CC.CC.CCCn1cc(C)c(C)n1. The number of aromatic nitrogens is 2. The molecule has 0 N–H and O–H groups in total. The maximum atomic E-state index is 4.32. The summed E-state index contributed by atoms with van der Waals surface area (Å²) in [6.45, 7) is 15.3. The Labute approximate surface area is 89.3 Å². The molecule has 0 bridgehead atoms. The van der Waals surface area contributed by atoms with E-state index < -0.39 is 0 Å². The third-order valence-corrected chi connectivity index (χ3v) is 1.64. The Morgan fingerprint density at radius 3 is 1.93 bits per heavy atom.